The first-order valence-electron chi connectivity index (χ1n) is 6.51. The third kappa shape index (κ3) is 2.96. The topological polar surface area (TPSA) is 47.8 Å². The molecule has 2 aromatic rings. The van der Waals surface area contributed by atoms with E-state index in [-0.39, 0.29) is 5.69 Å². The number of hydrogen-bond donors (Lipinski definition) is 0. The highest BCUT2D eigenvalue weighted by Gasteiger charge is 2.36. The van der Waals surface area contributed by atoms with E-state index in [1.807, 2.05) is 6.92 Å². The van der Waals surface area contributed by atoms with Gasteiger partial charge in [-0.15, -0.1) is 0 Å². The van der Waals surface area contributed by atoms with E-state index in [1.54, 1.807) is 6.92 Å². The van der Waals surface area contributed by atoms with Crippen LogP contribution in [0, 0.1) is 0 Å². The van der Waals surface area contributed by atoms with E-state index in [2.05, 4.69) is 10.1 Å². The highest BCUT2D eigenvalue weighted by Crippen LogP contribution is 2.32. The van der Waals surface area contributed by atoms with Crippen molar-refractivity contribution in [3.05, 3.63) is 47.0 Å². The number of nitrogens with zero attached hydrogens (tertiary/aromatic N) is 3. The third-order valence-corrected chi connectivity index (χ3v) is 3.10. The van der Waals surface area contributed by atoms with Crippen molar-refractivity contribution in [1.82, 2.24) is 14.8 Å². The van der Waals surface area contributed by atoms with E-state index in [0.717, 1.165) is 18.5 Å². The second-order valence-corrected chi connectivity index (χ2v) is 4.44. The fourth-order valence-electron chi connectivity index (χ4n) is 2.03. The molecule has 0 aromatic carbocycles. The average Bonchev–Trinajstić information content (AvgIpc) is 2.89. The van der Waals surface area contributed by atoms with E-state index >= 15 is 0 Å². The van der Waals surface area contributed by atoms with Crippen LogP contribution in [0.15, 0.2) is 24.5 Å². The Morgan fingerprint density at radius 3 is 2.62 bits per heavy atom. The maximum absolute atomic E-state index is 13.0. The van der Waals surface area contributed by atoms with Gasteiger partial charge in [0.2, 0.25) is 5.78 Å². The molecule has 7 heteroatoms. The second-order valence-electron chi connectivity index (χ2n) is 4.44. The number of carbonyl (C=O) groups excluding carboxylic acids is 1. The minimum absolute atomic E-state index is 0.146. The van der Waals surface area contributed by atoms with Crippen LogP contribution in [0.5, 0.6) is 0 Å². The maximum atomic E-state index is 13.0. The summed E-state index contributed by atoms with van der Waals surface area (Å²) in [6.07, 6.45) is -2.02. The van der Waals surface area contributed by atoms with Crippen molar-refractivity contribution in [2.24, 2.45) is 0 Å². The summed E-state index contributed by atoms with van der Waals surface area (Å²) in [7, 11) is 0. The standard InChI is InChI=1S/C14H14F3N3O/c1-3-9-7-12(20(4-2)19-9)13(21)10-8-18-6-5-11(10)14(15,16)17/h5-8H,3-4H2,1-2H3. The highest BCUT2D eigenvalue weighted by atomic mass is 19.4. The lowest BCUT2D eigenvalue weighted by molar-refractivity contribution is -0.137. The van der Waals surface area contributed by atoms with Gasteiger partial charge in [0.05, 0.1) is 16.8 Å². The van der Waals surface area contributed by atoms with Crippen LogP contribution < -0.4 is 0 Å². The molecule has 0 fully saturated rings. The molecule has 0 aliphatic carbocycles. The lowest BCUT2D eigenvalue weighted by atomic mass is 10.0. The molecular weight excluding hydrogens is 283 g/mol. The van der Waals surface area contributed by atoms with Gasteiger partial charge in [0.1, 0.15) is 5.69 Å². The zero-order chi connectivity index (χ0) is 15.6. The number of pyridine rings is 1. The minimum atomic E-state index is -4.60. The molecule has 0 radical (unpaired) electrons. The predicted octanol–water partition coefficient (Wildman–Crippen LogP) is 3.11. The number of rotatable bonds is 4. The van der Waals surface area contributed by atoms with Crippen molar-refractivity contribution in [1.29, 1.82) is 0 Å². The molecule has 0 saturated carbocycles. The summed E-state index contributed by atoms with van der Waals surface area (Å²) in [4.78, 5) is 16.1. The molecule has 0 aliphatic rings. The molecule has 4 nitrogen and oxygen atoms in total. The van der Waals surface area contributed by atoms with Gasteiger partial charge in [-0.1, -0.05) is 6.92 Å². The number of aromatic nitrogens is 3. The lowest BCUT2D eigenvalue weighted by Gasteiger charge is -2.11. The van der Waals surface area contributed by atoms with Crippen LogP contribution in [0.25, 0.3) is 0 Å². The van der Waals surface area contributed by atoms with Gasteiger partial charge < -0.3 is 0 Å². The van der Waals surface area contributed by atoms with Crippen molar-refractivity contribution in [3.63, 3.8) is 0 Å². The zero-order valence-corrected chi connectivity index (χ0v) is 11.6. The average molecular weight is 297 g/mol. The Bertz CT molecular complexity index is 662. The Balaban J connectivity index is 2.53. The molecule has 2 aromatic heterocycles. The summed E-state index contributed by atoms with van der Waals surface area (Å²) in [5.41, 5.74) is -0.628. The van der Waals surface area contributed by atoms with Crippen molar-refractivity contribution in [3.8, 4) is 0 Å². The van der Waals surface area contributed by atoms with Gasteiger partial charge in [-0.3, -0.25) is 14.5 Å². The third-order valence-electron chi connectivity index (χ3n) is 3.10. The van der Waals surface area contributed by atoms with Crippen LogP contribution in [0.1, 0.15) is 41.2 Å². The summed E-state index contributed by atoms with van der Waals surface area (Å²) in [6.45, 7) is 4.04. The first kappa shape index (κ1) is 15.2. The first-order chi connectivity index (χ1) is 9.88. The Kier molecular flexibility index (Phi) is 4.11. The molecule has 2 heterocycles. The van der Waals surface area contributed by atoms with Gasteiger partial charge in [-0.2, -0.15) is 18.3 Å². The van der Waals surface area contributed by atoms with Crippen molar-refractivity contribution in [2.45, 2.75) is 33.0 Å². The molecule has 2 rings (SSSR count). The van der Waals surface area contributed by atoms with Crippen molar-refractivity contribution in [2.75, 3.05) is 0 Å². The summed E-state index contributed by atoms with van der Waals surface area (Å²) in [5, 5.41) is 4.18. The molecule has 0 amide bonds. The summed E-state index contributed by atoms with van der Waals surface area (Å²) >= 11 is 0. The lowest BCUT2D eigenvalue weighted by Crippen LogP contribution is -2.17. The van der Waals surface area contributed by atoms with Gasteiger partial charge in [-0.25, -0.2) is 0 Å². The van der Waals surface area contributed by atoms with Crippen LogP contribution >= 0.6 is 0 Å². The van der Waals surface area contributed by atoms with Crippen molar-refractivity contribution < 1.29 is 18.0 Å². The Morgan fingerprint density at radius 2 is 2.05 bits per heavy atom. The smallest absolute Gasteiger partial charge is 0.287 e. The first-order valence-corrected chi connectivity index (χ1v) is 6.51. The Labute approximate surface area is 119 Å². The number of halogens is 3. The normalized spacial score (nSPS) is 11.7. The minimum Gasteiger partial charge on any atom is -0.287 e. The summed E-state index contributed by atoms with van der Waals surface area (Å²) in [5.74, 6) is -0.718. The highest BCUT2D eigenvalue weighted by molar-refractivity contribution is 6.08. The van der Waals surface area contributed by atoms with Gasteiger partial charge in [0, 0.05) is 18.9 Å². The van der Waals surface area contributed by atoms with Crippen LogP contribution in [0.3, 0.4) is 0 Å². The van der Waals surface area contributed by atoms with E-state index in [4.69, 9.17) is 0 Å². The largest absolute Gasteiger partial charge is 0.417 e. The van der Waals surface area contributed by atoms with Crippen molar-refractivity contribution >= 4 is 5.78 Å². The Morgan fingerprint density at radius 1 is 1.33 bits per heavy atom. The van der Waals surface area contributed by atoms with E-state index in [1.165, 1.54) is 10.7 Å². The number of alkyl halides is 3. The van der Waals surface area contributed by atoms with Crippen LogP contribution in [0.4, 0.5) is 13.2 Å². The van der Waals surface area contributed by atoms with Gasteiger partial charge >= 0.3 is 6.18 Å². The Hall–Kier alpha value is -2.18. The molecule has 112 valence electrons. The molecule has 21 heavy (non-hydrogen) atoms. The van der Waals surface area contributed by atoms with E-state index < -0.39 is 23.1 Å². The number of ketones is 1. The fourth-order valence-corrected chi connectivity index (χ4v) is 2.03. The van der Waals surface area contributed by atoms with Gasteiger partial charge in [0.15, 0.2) is 0 Å². The molecular formula is C14H14F3N3O. The van der Waals surface area contributed by atoms with Crippen LogP contribution in [-0.2, 0) is 19.1 Å². The molecule has 0 bridgehead atoms. The summed E-state index contributed by atoms with van der Waals surface area (Å²) in [6, 6.07) is 2.33. The molecule has 0 atom stereocenters. The molecule has 0 unspecified atom stereocenters. The SMILES string of the molecule is CCc1cc(C(=O)c2cnccc2C(F)(F)F)n(CC)n1. The monoisotopic (exact) mass is 297 g/mol. The summed E-state index contributed by atoms with van der Waals surface area (Å²) < 4.78 is 40.3. The van der Waals surface area contributed by atoms with Gasteiger partial charge in [0.25, 0.3) is 0 Å². The van der Waals surface area contributed by atoms with Gasteiger partial charge in [-0.05, 0) is 25.5 Å². The van der Waals surface area contributed by atoms with Crippen LogP contribution in [0.2, 0.25) is 0 Å². The van der Waals surface area contributed by atoms with E-state index in [9.17, 15) is 18.0 Å². The number of hydrogen-bond acceptors (Lipinski definition) is 3. The predicted molar refractivity (Wildman–Crippen MR) is 70.0 cm³/mol. The quantitative estimate of drug-likeness (QED) is 0.815. The maximum Gasteiger partial charge on any atom is 0.417 e. The zero-order valence-electron chi connectivity index (χ0n) is 11.6. The van der Waals surface area contributed by atoms with E-state index in [0.29, 0.717) is 18.7 Å². The molecule has 0 saturated heterocycles. The molecule has 0 N–H and O–H groups in total. The molecule has 0 spiro atoms. The number of aryl methyl sites for hydroxylation is 2. The fraction of sp³-hybridized carbons (Fsp3) is 0.357. The molecule has 0 aliphatic heterocycles. The van der Waals surface area contributed by atoms with Crippen LogP contribution in [-0.4, -0.2) is 20.5 Å². The second kappa shape index (κ2) is 5.67. The number of carbonyl (C=O) groups is 1.